The van der Waals surface area contributed by atoms with Gasteiger partial charge in [0.2, 0.25) is 5.91 Å². The molecule has 1 atom stereocenters. The Morgan fingerprint density at radius 1 is 1.19 bits per heavy atom. The molecule has 6 rings (SSSR count). The number of pyridine rings is 1. The fourth-order valence-electron chi connectivity index (χ4n) is 6.89. The first-order valence-corrected chi connectivity index (χ1v) is 10.5. The standard InChI is InChI=1S/C22H28N4O/c1-15-14-25(20-3-2-4-24-19(20)13-23)5-6-26(15)21(27)22-10-16-7-17(11-22)9-18(8-16)12-22/h2-4,15-18H,5-12,14H2,1H3/t15-,16?,17?,18?,22?/m1/s1. The number of hydrogen-bond donors (Lipinski definition) is 0. The van der Waals surface area contributed by atoms with Crippen LogP contribution in [-0.4, -0.2) is 41.5 Å². The van der Waals surface area contributed by atoms with E-state index in [1.807, 2.05) is 12.1 Å². The number of piperazine rings is 1. The van der Waals surface area contributed by atoms with Crippen LogP contribution in [0.2, 0.25) is 0 Å². The molecule has 0 N–H and O–H groups in total. The van der Waals surface area contributed by atoms with Gasteiger partial charge in [0.15, 0.2) is 5.69 Å². The topological polar surface area (TPSA) is 60.2 Å². The summed E-state index contributed by atoms with van der Waals surface area (Å²) >= 11 is 0. The smallest absolute Gasteiger partial charge is 0.229 e. The van der Waals surface area contributed by atoms with E-state index in [9.17, 15) is 10.1 Å². The van der Waals surface area contributed by atoms with Gasteiger partial charge in [0, 0.05) is 31.9 Å². The summed E-state index contributed by atoms with van der Waals surface area (Å²) in [5.74, 6) is 2.82. The van der Waals surface area contributed by atoms with E-state index in [1.54, 1.807) is 6.20 Å². The van der Waals surface area contributed by atoms with Gasteiger partial charge in [-0.2, -0.15) is 5.26 Å². The van der Waals surface area contributed by atoms with Crippen LogP contribution in [-0.2, 0) is 4.79 Å². The molecule has 0 aromatic carbocycles. The van der Waals surface area contributed by atoms with Crippen molar-refractivity contribution < 1.29 is 4.79 Å². The largest absolute Gasteiger partial charge is 0.365 e. The van der Waals surface area contributed by atoms with Crippen LogP contribution in [0.15, 0.2) is 18.3 Å². The fourth-order valence-corrected chi connectivity index (χ4v) is 6.89. The van der Waals surface area contributed by atoms with Crippen molar-refractivity contribution in [2.24, 2.45) is 23.2 Å². The number of aromatic nitrogens is 1. The van der Waals surface area contributed by atoms with Crippen LogP contribution in [0.3, 0.4) is 0 Å². The average Bonchev–Trinajstić information content (AvgIpc) is 2.66. The third-order valence-electron chi connectivity index (χ3n) is 7.61. The minimum absolute atomic E-state index is 0.0582. The number of rotatable bonds is 2. The molecule has 1 aromatic heterocycles. The molecule has 5 heteroatoms. The Morgan fingerprint density at radius 2 is 1.85 bits per heavy atom. The van der Waals surface area contributed by atoms with E-state index < -0.39 is 0 Å². The molecular weight excluding hydrogens is 336 g/mol. The number of nitriles is 1. The van der Waals surface area contributed by atoms with Crippen LogP contribution < -0.4 is 4.90 Å². The monoisotopic (exact) mass is 364 g/mol. The number of carbonyl (C=O) groups is 1. The van der Waals surface area contributed by atoms with E-state index >= 15 is 0 Å². The highest BCUT2D eigenvalue weighted by Crippen LogP contribution is 2.60. The van der Waals surface area contributed by atoms with Crippen molar-refractivity contribution in [3.05, 3.63) is 24.0 Å². The molecule has 0 radical (unpaired) electrons. The minimum atomic E-state index is -0.0582. The minimum Gasteiger partial charge on any atom is -0.365 e. The first-order chi connectivity index (χ1) is 13.1. The molecule has 4 bridgehead atoms. The molecule has 1 saturated heterocycles. The first-order valence-electron chi connectivity index (χ1n) is 10.5. The molecule has 5 fully saturated rings. The van der Waals surface area contributed by atoms with Crippen molar-refractivity contribution in [3.63, 3.8) is 0 Å². The molecule has 27 heavy (non-hydrogen) atoms. The van der Waals surface area contributed by atoms with E-state index in [0.717, 1.165) is 62.3 Å². The first kappa shape index (κ1) is 17.0. The van der Waals surface area contributed by atoms with Crippen molar-refractivity contribution >= 4 is 11.6 Å². The molecule has 5 aliphatic rings. The zero-order valence-electron chi connectivity index (χ0n) is 16.1. The van der Waals surface area contributed by atoms with Crippen molar-refractivity contribution in [2.45, 2.75) is 51.5 Å². The lowest BCUT2D eigenvalue weighted by atomic mass is 9.49. The second-order valence-corrected chi connectivity index (χ2v) is 9.47. The molecule has 2 heterocycles. The van der Waals surface area contributed by atoms with E-state index in [2.05, 4.69) is 27.8 Å². The second-order valence-electron chi connectivity index (χ2n) is 9.47. The quantitative estimate of drug-likeness (QED) is 0.808. The van der Waals surface area contributed by atoms with Crippen LogP contribution in [0.5, 0.6) is 0 Å². The van der Waals surface area contributed by atoms with Crippen molar-refractivity contribution in [2.75, 3.05) is 24.5 Å². The van der Waals surface area contributed by atoms with E-state index in [4.69, 9.17) is 0 Å². The van der Waals surface area contributed by atoms with Gasteiger partial charge in [-0.05, 0) is 75.3 Å². The number of nitrogens with zero attached hydrogens (tertiary/aromatic N) is 4. The Balaban J connectivity index is 1.33. The van der Waals surface area contributed by atoms with Crippen molar-refractivity contribution in [1.29, 1.82) is 5.26 Å². The lowest BCUT2D eigenvalue weighted by Gasteiger charge is -2.57. The van der Waals surface area contributed by atoms with E-state index in [1.165, 1.54) is 19.3 Å². The van der Waals surface area contributed by atoms with Gasteiger partial charge in [0.05, 0.1) is 11.1 Å². The predicted octanol–water partition coefficient (Wildman–Crippen LogP) is 3.21. The van der Waals surface area contributed by atoms with Gasteiger partial charge in [-0.25, -0.2) is 4.98 Å². The number of hydrogen-bond acceptors (Lipinski definition) is 4. The molecule has 0 unspecified atom stereocenters. The fraction of sp³-hybridized carbons (Fsp3) is 0.682. The third kappa shape index (κ3) is 2.72. The summed E-state index contributed by atoms with van der Waals surface area (Å²) in [6.07, 6.45) is 9.16. The molecule has 5 nitrogen and oxygen atoms in total. The summed E-state index contributed by atoms with van der Waals surface area (Å²) in [7, 11) is 0. The Bertz CT molecular complexity index is 762. The van der Waals surface area contributed by atoms with Gasteiger partial charge < -0.3 is 9.80 Å². The summed E-state index contributed by atoms with van der Waals surface area (Å²) < 4.78 is 0. The highest BCUT2D eigenvalue weighted by molar-refractivity contribution is 5.84. The van der Waals surface area contributed by atoms with Crippen LogP contribution >= 0.6 is 0 Å². The molecular formula is C22H28N4O. The summed E-state index contributed by atoms with van der Waals surface area (Å²) in [6, 6.07) is 6.22. The molecule has 1 aromatic rings. The molecule has 1 aliphatic heterocycles. The SMILES string of the molecule is C[C@@H]1CN(c2cccnc2C#N)CCN1C(=O)C12CC3CC(CC(C3)C1)C2. The number of anilines is 1. The molecule has 0 spiro atoms. The maximum Gasteiger partial charge on any atom is 0.229 e. The molecule has 142 valence electrons. The zero-order valence-corrected chi connectivity index (χ0v) is 16.1. The van der Waals surface area contributed by atoms with Gasteiger partial charge >= 0.3 is 0 Å². The summed E-state index contributed by atoms with van der Waals surface area (Å²) in [5, 5.41) is 9.35. The van der Waals surface area contributed by atoms with Gasteiger partial charge in [-0.15, -0.1) is 0 Å². The Hall–Kier alpha value is -2.09. The lowest BCUT2D eigenvalue weighted by molar-refractivity contribution is -0.160. The van der Waals surface area contributed by atoms with Crippen molar-refractivity contribution in [1.82, 2.24) is 9.88 Å². The lowest BCUT2D eigenvalue weighted by Crippen LogP contribution is -2.61. The average molecular weight is 364 g/mol. The van der Waals surface area contributed by atoms with E-state index in [0.29, 0.717) is 11.6 Å². The third-order valence-corrected chi connectivity index (χ3v) is 7.61. The van der Waals surface area contributed by atoms with Gasteiger partial charge in [-0.1, -0.05) is 0 Å². The maximum atomic E-state index is 13.7. The Kier molecular flexibility index (Phi) is 3.93. The van der Waals surface area contributed by atoms with Gasteiger partial charge in [-0.3, -0.25) is 4.79 Å². The summed E-state index contributed by atoms with van der Waals surface area (Å²) in [5.41, 5.74) is 1.32. The van der Waals surface area contributed by atoms with Crippen LogP contribution in [0.1, 0.15) is 51.1 Å². The maximum absolute atomic E-state index is 13.7. The Morgan fingerprint density at radius 3 is 2.44 bits per heavy atom. The summed E-state index contributed by atoms with van der Waals surface area (Å²) in [4.78, 5) is 22.2. The van der Waals surface area contributed by atoms with Crippen LogP contribution in [0.25, 0.3) is 0 Å². The van der Waals surface area contributed by atoms with Crippen LogP contribution in [0.4, 0.5) is 5.69 Å². The highest BCUT2D eigenvalue weighted by atomic mass is 16.2. The van der Waals surface area contributed by atoms with E-state index in [-0.39, 0.29) is 11.5 Å². The molecule has 4 aliphatic carbocycles. The normalized spacial score (nSPS) is 37.3. The van der Waals surface area contributed by atoms with Crippen LogP contribution in [0, 0.1) is 34.5 Å². The second kappa shape index (κ2) is 6.22. The number of amides is 1. The Labute approximate surface area is 161 Å². The molecule has 4 saturated carbocycles. The van der Waals surface area contributed by atoms with Gasteiger partial charge in [0.25, 0.3) is 0 Å². The predicted molar refractivity (Wildman–Crippen MR) is 103 cm³/mol. The number of carbonyl (C=O) groups excluding carboxylic acids is 1. The zero-order chi connectivity index (χ0) is 18.6. The highest BCUT2D eigenvalue weighted by Gasteiger charge is 2.56. The molecule has 1 amide bonds. The summed E-state index contributed by atoms with van der Waals surface area (Å²) in [6.45, 7) is 4.47. The van der Waals surface area contributed by atoms with Crippen molar-refractivity contribution in [3.8, 4) is 6.07 Å². The van der Waals surface area contributed by atoms with Gasteiger partial charge in [0.1, 0.15) is 6.07 Å².